The van der Waals surface area contributed by atoms with E-state index in [1.54, 1.807) is 6.07 Å². The lowest BCUT2D eigenvalue weighted by Crippen LogP contribution is -2.24. The Labute approximate surface area is 88.9 Å². The molecule has 0 aliphatic heterocycles. The number of hydrogen-bond acceptors (Lipinski definition) is 3. The van der Waals surface area contributed by atoms with Crippen molar-refractivity contribution in [1.29, 1.82) is 0 Å². The highest BCUT2D eigenvalue weighted by Gasteiger charge is 2.06. The maximum Gasteiger partial charge on any atom is 0.261 e. The maximum absolute atomic E-state index is 11.3. The smallest absolute Gasteiger partial charge is 0.261 e. The van der Waals surface area contributed by atoms with Crippen molar-refractivity contribution in [1.82, 2.24) is 5.32 Å². The van der Waals surface area contributed by atoms with Crippen LogP contribution in [-0.4, -0.2) is 24.2 Å². The molecule has 0 aromatic carbocycles. The van der Waals surface area contributed by atoms with Crippen LogP contribution in [0.3, 0.4) is 0 Å². The van der Waals surface area contributed by atoms with E-state index < -0.39 is 0 Å². The predicted molar refractivity (Wildman–Crippen MR) is 56.1 cm³/mol. The van der Waals surface area contributed by atoms with Crippen molar-refractivity contribution in [2.24, 2.45) is 0 Å². The van der Waals surface area contributed by atoms with Gasteiger partial charge in [0.25, 0.3) is 5.91 Å². The lowest BCUT2D eigenvalue weighted by molar-refractivity contribution is 0.0955. The highest BCUT2D eigenvalue weighted by Crippen LogP contribution is 2.19. The number of hydrogen-bond donors (Lipinski definition) is 2. The third-order valence-corrected chi connectivity index (χ3v) is 3.10. The molecule has 0 saturated heterocycles. The molecule has 0 aliphatic carbocycles. The Morgan fingerprint density at radius 2 is 2.46 bits per heavy atom. The normalized spacial score (nSPS) is 10.0. The third-order valence-electron chi connectivity index (χ3n) is 1.41. The van der Waals surface area contributed by atoms with Crippen molar-refractivity contribution in [3.63, 3.8) is 0 Å². The quantitative estimate of drug-likeness (QED) is 0.812. The number of aliphatic hydroxyl groups is 1. The van der Waals surface area contributed by atoms with E-state index in [2.05, 4.69) is 21.2 Å². The van der Waals surface area contributed by atoms with E-state index in [1.807, 2.05) is 5.38 Å². The minimum absolute atomic E-state index is 0.0795. The molecule has 0 aliphatic rings. The van der Waals surface area contributed by atoms with Crippen molar-refractivity contribution >= 4 is 33.2 Å². The second kappa shape index (κ2) is 5.36. The predicted octanol–water partition coefficient (Wildman–Crippen LogP) is 1.62. The number of halogens is 1. The van der Waals surface area contributed by atoms with Gasteiger partial charge < -0.3 is 10.4 Å². The largest absolute Gasteiger partial charge is 0.396 e. The molecule has 13 heavy (non-hydrogen) atoms. The topological polar surface area (TPSA) is 49.3 Å². The molecule has 0 radical (unpaired) electrons. The molecule has 0 saturated carbocycles. The molecule has 1 heterocycles. The van der Waals surface area contributed by atoms with Crippen molar-refractivity contribution in [2.75, 3.05) is 13.2 Å². The summed E-state index contributed by atoms with van der Waals surface area (Å²) in [6.07, 6.45) is 0.596. The van der Waals surface area contributed by atoms with E-state index in [0.717, 1.165) is 4.47 Å². The van der Waals surface area contributed by atoms with Crippen LogP contribution in [0, 0.1) is 0 Å². The van der Waals surface area contributed by atoms with Gasteiger partial charge in [0.1, 0.15) is 0 Å². The van der Waals surface area contributed by atoms with Gasteiger partial charge in [0.05, 0.1) is 4.88 Å². The van der Waals surface area contributed by atoms with E-state index in [4.69, 9.17) is 5.11 Å². The zero-order valence-electron chi connectivity index (χ0n) is 6.92. The summed E-state index contributed by atoms with van der Waals surface area (Å²) in [6.45, 7) is 0.624. The molecule has 1 aromatic rings. The van der Waals surface area contributed by atoms with Crippen molar-refractivity contribution in [3.8, 4) is 0 Å². The SMILES string of the molecule is O=C(NCCCO)c1cc(Br)cs1. The number of rotatable bonds is 4. The van der Waals surface area contributed by atoms with Crippen LogP contribution in [0.25, 0.3) is 0 Å². The summed E-state index contributed by atoms with van der Waals surface area (Å²) < 4.78 is 0.921. The summed E-state index contributed by atoms with van der Waals surface area (Å²) in [4.78, 5) is 12.0. The highest BCUT2D eigenvalue weighted by atomic mass is 79.9. The van der Waals surface area contributed by atoms with Gasteiger partial charge >= 0.3 is 0 Å². The lowest BCUT2D eigenvalue weighted by atomic mass is 10.4. The first-order valence-electron chi connectivity index (χ1n) is 3.87. The fourth-order valence-electron chi connectivity index (χ4n) is 0.800. The monoisotopic (exact) mass is 263 g/mol. The summed E-state index contributed by atoms with van der Waals surface area (Å²) in [5.74, 6) is -0.0795. The summed E-state index contributed by atoms with van der Waals surface area (Å²) >= 11 is 4.67. The number of carbonyl (C=O) groups is 1. The van der Waals surface area contributed by atoms with Gasteiger partial charge in [-0.3, -0.25) is 4.79 Å². The Kier molecular flexibility index (Phi) is 4.41. The number of amides is 1. The van der Waals surface area contributed by atoms with E-state index in [1.165, 1.54) is 11.3 Å². The molecule has 2 N–H and O–H groups in total. The molecule has 0 spiro atoms. The van der Waals surface area contributed by atoms with Crippen LogP contribution >= 0.6 is 27.3 Å². The number of nitrogens with one attached hydrogen (secondary N) is 1. The molecular formula is C8H10BrNO2S. The van der Waals surface area contributed by atoms with Crippen LogP contribution in [0.4, 0.5) is 0 Å². The van der Waals surface area contributed by atoms with E-state index in [-0.39, 0.29) is 12.5 Å². The molecule has 5 heteroatoms. The van der Waals surface area contributed by atoms with Crippen LogP contribution in [-0.2, 0) is 0 Å². The van der Waals surface area contributed by atoms with Crippen molar-refractivity contribution < 1.29 is 9.90 Å². The van der Waals surface area contributed by atoms with Crippen LogP contribution in [0.1, 0.15) is 16.1 Å². The molecule has 0 unspecified atom stereocenters. The maximum atomic E-state index is 11.3. The molecule has 72 valence electrons. The molecule has 3 nitrogen and oxygen atoms in total. The van der Waals surface area contributed by atoms with Gasteiger partial charge in [-0.15, -0.1) is 11.3 Å². The van der Waals surface area contributed by atoms with Crippen molar-refractivity contribution in [3.05, 3.63) is 20.8 Å². The first kappa shape index (κ1) is 10.7. The third kappa shape index (κ3) is 3.46. The molecule has 0 fully saturated rings. The van der Waals surface area contributed by atoms with Crippen LogP contribution in [0.15, 0.2) is 15.9 Å². The second-order valence-electron chi connectivity index (χ2n) is 2.46. The summed E-state index contributed by atoms with van der Waals surface area (Å²) in [5.41, 5.74) is 0. The van der Waals surface area contributed by atoms with Gasteiger partial charge in [-0.2, -0.15) is 0 Å². The molecule has 0 atom stereocenters. The fourth-order valence-corrected chi connectivity index (χ4v) is 2.14. The Morgan fingerprint density at radius 1 is 1.69 bits per heavy atom. The molecule has 0 bridgehead atoms. The zero-order valence-corrected chi connectivity index (χ0v) is 9.32. The Hall–Kier alpha value is -0.390. The number of thiophene rings is 1. The van der Waals surface area contributed by atoms with Gasteiger partial charge in [-0.25, -0.2) is 0 Å². The Bertz CT molecular complexity index is 287. The summed E-state index contributed by atoms with van der Waals surface area (Å²) in [5, 5.41) is 13.1. The molecule has 1 aromatic heterocycles. The summed E-state index contributed by atoms with van der Waals surface area (Å²) in [7, 11) is 0. The van der Waals surface area contributed by atoms with Gasteiger partial charge in [0, 0.05) is 23.0 Å². The fraction of sp³-hybridized carbons (Fsp3) is 0.375. The standard InChI is InChI=1S/C8H10BrNO2S/c9-6-4-7(13-5-6)8(12)10-2-1-3-11/h4-5,11H,1-3H2,(H,10,12). The van der Waals surface area contributed by atoms with Gasteiger partial charge in [0.15, 0.2) is 0 Å². The molecular weight excluding hydrogens is 254 g/mol. The van der Waals surface area contributed by atoms with Gasteiger partial charge in [-0.1, -0.05) is 0 Å². The average Bonchev–Trinajstić information content (AvgIpc) is 2.52. The second-order valence-corrected chi connectivity index (χ2v) is 4.29. The molecule has 1 rings (SSSR count). The zero-order chi connectivity index (χ0) is 9.68. The van der Waals surface area contributed by atoms with Crippen LogP contribution in [0.5, 0.6) is 0 Å². The number of carbonyl (C=O) groups excluding carboxylic acids is 1. The van der Waals surface area contributed by atoms with Crippen LogP contribution in [0.2, 0.25) is 0 Å². The summed E-state index contributed by atoms with van der Waals surface area (Å²) in [6, 6.07) is 1.78. The van der Waals surface area contributed by atoms with Gasteiger partial charge in [-0.05, 0) is 28.4 Å². The first-order valence-corrected chi connectivity index (χ1v) is 5.54. The first-order chi connectivity index (χ1) is 6.24. The van der Waals surface area contributed by atoms with E-state index >= 15 is 0 Å². The van der Waals surface area contributed by atoms with Gasteiger partial charge in [0.2, 0.25) is 0 Å². The highest BCUT2D eigenvalue weighted by molar-refractivity contribution is 9.10. The average molecular weight is 264 g/mol. The number of aliphatic hydroxyl groups excluding tert-OH is 1. The van der Waals surface area contributed by atoms with E-state index in [0.29, 0.717) is 17.8 Å². The Morgan fingerprint density at radius 3 is 3.00 bits per heavy atom. The van der Waals surface area contributed by atoms with Crippen molar-refractivity contribution in [2.45, 2.75) is 6.42 Å². The Balaban J connectivity index is 2.40. The minimum Gasteiger partial charge on any atom is -0.396 e. The van der Waals surface area contributed by atoms with Crippen LogP contribution < -0.4 is 5.32 Å². The van der Waals surface area contributed by atoms with E-state index in [9.17, 15) is 4.79 Å². The minimum atomic E-state index is -0.0795. The molecule has 1 amide bonds. The lowest BCUT2D eigenvalue weighted by Gasteiger charge is -2.00.